The first-order chi connectivity index (χ1) is 10.5. The third kappa shape index (κ3) is 4.56. The van der Waals surface area contributed by atoms with Gasteiger partial charge in [0.1, 0.15) is 11.3 Å². The maximum Gasteiger partial charge on any atom is 0.341 e. The molecule has 114 valence electrons. The minimum atomic E-state index is -0.749. The molecule has 22 heavy (non-hydrogen) atoms. The fourth-order valence-corrected chi connectivity index (χ4v) is 1.65. The molecule has 0 unspecified atom stereocenters. The van der Waals surface area contributed by atoms with Crippen LogP contribution in [0.25, 0.3) is 6.08 Å². The third-order valence-electron chi connectivity index (χ3n) is 2.76. The molecule has 0 spiro atoms. The van der Waals surface area contributed by atoms with E-state index in [9.17, 15) is 9.59 Å². The van der Waals surface area contributed by atoms with Crippen molar-refractivity contribution in [3.8, 4) is 11.8 Å². The average molecular weight is 300 g/mol. The molecule has 1 N–H and O–H groups in total. The molecule has 0 radical (unpaired) electrons. The van der Waals surface area contributed by atoms with Gasteiger partial charge in [-0.15, -0.1) is 0 Å². The van der Waals surface area contributed by atoms with Gasteiger partial charge in [0.25, 0.3) is 0 Å². The number of nitrogens with one attached hydrogen (secondary N) is 1. The number of hydrogen-bond acceptors (Lipinski definition) is 6. The zero-order valence-electron chi connectivity index (χ0n) is 12.4. The summed E-state index contributed by atoms with van der Waals surface area (Å²) in [6.45, 7) is 1.30. The normalized spacial score (nSPS) is 10.5. The number of esters is 1. The molecule has 0 aliphatic heterocycles. The van der Waals surface area contributed by atoms with E-state index in [1.54, 1.807) is 12.1 Å². The Kier molecular flexibility index (Phi) is 6.51. The molecule has 0 aliphatic carbocycles. The van der Waals surface area contributed by atoms with Crippen molar-refractivity contribution in [2.75, 3.05) is 13.7 Å². The molecule has 6 heteroatoms. The molecule has 0 saturated heterocycles. The first-order valence-corrected chi connectivity index (χ1v) is 6.50. The number of carbonyl (C=O) groups excluding carboxylic acids is 2. The van der Waals surface area contributed by atoms with E-state index in [-0.39, 0.29) is 18.6 Å². The van der Waals surface area contributed by atoms with Crippen LogP contribution in [0.4, 0.5) is 0 Å². The Labute approximate surface area is 128 Å². The van der Waals surface area contributed by atoms with Gasteiger partial charge < -0.3 is 14.9 Å². The van der Waals surface area contributed by atoms with Crippen LogP contribution in [-0.2, 0) is 14.3 Å². The summed E-state index contributed by atoms with van der Waals surface area (Å²) in [6.07, 6.45) is 2.78. The highest BCUT2D eigenvalue weighted by Gasteiger charge is 2.17. The van der Waals surface area contributed by atoms with Crippen LogP contribution in [0.1, 0.15) is 24.5 Å². The topological polar surface area (TPSA) is 100 Å². The minimum Gasteiger partial charge on any atom is -0.496 e. The van der Waals surface area contributed by atoms with E-state index in [1.165, 1.54) is 26.2 Å². The van der Waals surface area contributed by atoms with Gasteiger partial charge in [0, 0.05) is 12.0 Å². The summed E-state index contributed by atoms with van der Waals surface area (Å²) in [6, 6.07) is 6.65. The van der Waals surface area contributed by atoms with E-state index >= 15 is 0 Å². The fourth-order valence-electron chi connectivity index (χ4n) is 1.65. The molecule has 0 bridgehead atoms. The zero-order valence-corrected chi connectivity index (χ0v) is 12.4. The van der Waals surface area contributed by atoms with Crippen LogP contribution in [0, 0.1) is 16.7 Å². The predicted octanol–water partition coefficient (Wildman–Crippen LogP) is 2.12. The highest BCUT2D eigenvalue weighted by Crippen LogP contribution is 2.23. The van der Waals surface area contributed by atoms with Crippen molar-refractivity contribution in [2.24, 2.45) is 0 Å². The Bertz CT molecular complexity index is 657. The quantitative estimate of drug-likeness (QED) is 0.207. The van der Waals surface area contributed by atoms with Crippen LogP contribution in [-0.4, -0.2) is 31.7 Å². The fraction of sp³-hybridized carbons (Fsp3) is 0.250. The molecule has 0 heterocycles. The van der Waals surface area contributed by atoms with Gasteiger partial charge in [0.2, 0.25) is 0 Å². The van der Waals surface area contributed by atoms with Crippen LogP contribution in [0.15, 0.2) is 23.8 Å². The largest absolute Gasteiger partial charge is 0.496 e. The van der Waals surface area contributed by atoms with Gasteiger partial charge in [-0.25, -0.2) is 4.79 Å². The monoisotopic (exact) mass is 300 g/mol. The van der Waals surface area contributed by atoms with E-state index in [0.717, 1.165) is 6.21 Å². The molecule has 1 rings (SSSR count). The predicted molar refractivity (Wildman–Crippen MR) is 80.7 cm³/mol. The lowest BCUT2D eigenvalue weighted by atomic mass is 10.1. The molecule has 0 fully saturated rings. The number of benzene rings is 1. The lowest BCUT2D eigenvalue weighted by molar-refractivity contribution is -0.139. The van der Waals surface area contributed by atoms with Crippen LogP contribution in [0.2, 0.25) is 0 Å². The van der Waals surface area contributed by atoms with Crippen molar-refractivity contribution in [3.63, 3.8) is 0 Å². The standard InChI is InChI=1S/C16H16N2O4/c1-11(19)14(16(20)22-7-3-6-17)9-13-5-4-12(10-18)8-15(13)21-2/h4-6,8-9,17H,3,7H2,1-2H3/b14-9-,17-6?. The number of ketones is 1. The van der Waals surface area contributed by atoms with Gasteiger partial charge in [0.05, 0.1) is 25.3 Å². The summed E-state index contributed by atoms with van der Waals surface area (Å²) in [4.78, 5) is 23.5. The van der Waals surface area contributed by atoms with Crippen LogP contribution >= 0.6 is 0 Å². The Morgan fingerprint density at radius 3 is 2.68 bits per heavy atom. The molecule has 0 atom stereocenters. The molecule has 0 aliphatic rings. The molecule has 0 aromatic heterocycles. The summed E-state index contributed by atoms with van der Waals surface area (Å²) >= 11 is 0. The van der Waals surface area contributed by atoms with Crippen LogP contribution in [0.5, 0.6) is 5.75 Å². The summed E-state index contributed by atoms with van der Waals surface area (Å²) in [5.41, 5.74) is 0.788. The van der Waals surface area contributed by atoms with Gasteiger partial charge in [-0.3, -0.25) is 4.79 Å². The van der Waals surface area contributed by atoms with E-state index in [1.807, 2.05) is 6.07 Å². The van der Waals surface area contributed by atoms with Gasteiger partial charge in [-0.1, -0.05) is 0 Å². The number of rotatable bonds is 7. The van der Waals surface area contributed by atoms with Gasteiger partial charge >= 0.3 is 5.97 Å². The van der Waals surface area contributed by atoms with Crippen molar-refractivity contribution < 1.29 is 19.1 Å². The summed E-state index contributed by atoms with van der Waals surface area (Å²) in [5, 5.41) is 15.7. The second-order valence-electron chi connectivity index (χ2n) is 4.31. The number of methoxy groups -OCH3 is 1. The lowest BCUT2D eigenvalue weighted by Gasteiger charge is -2.08. The number of ether oxygens (including phenoxy) is 2. The second kappa shape index (κ2) is 8.37. The molecule has 6 nitrogen and oxygen atoms in total. The number of nitrogens with zero attached hydrogens (tertiary/aromatic N) is 1. The molecule has 1 aromatic carbocycles. The Balaban J connectivity index is 3.13. The smallest absolute Gasteiger partial charge is 0.341 e. The molecular weight excluding hydrogens is 284 g/mol. The van der Waals surface area contributed by atoms with Gasteiger partial charge in [0.15, 0.2) is 5.78 Å². The number of nitriles is 1. The van der Waals surface area contributed by atoms with E-state index in [2.05, 4.69) is 0 Å². The highest BCUT2D eigenvalue weighted by atomic mass is 16.5. The van der Waals surface area contributed by atoms with Crippen molar-refractivity contribution in [2.45, 2.75) is 13.3 Å². The molecular formula is C16H16N2O4. The number of hydrogen-bond donors (Lipinski definition) is 1. The van der Waals surface area contributed by atoms with E-state index < -0.39 is 11.8 Å². The van der Waals surface area contributed by atoms with Gasteiger partial charge in [-0.05, 0) is 37.4 Å². The second-order valence-corrected chi connectivity index (χ2v) is 4.31. The van der Waals surface area contributed by atoms with Crippen molar-refractivity contribution in [1.29, 1.82) is 10.7 Å². The first-order valence-electron chi connectivity index (χ1n) is 6.50. The van der Waals surface area contributed by atoms with Crippen molar-refractivity contribution in [3.05, 3.63) is 34.9 Å². The summed E-state index contributed by atoms with van der Waals surface area (Å²) in [7, 11) is 1.43. The highest BCUT2D eigenvalue weighted by molar-refractivity contribution is 6.19. The maximum absolute atomic E-state index is 11.9. The SMILES string of the molecule is COc1cc(C#N)ccc1/C=C(/C(C)=O)C(=O)OCCC=N. The van der Waals surface area contributed by atoms with Crippen molar-refractivity contribution >= 4 is 24.0 Å². The molecule has 0 amide bonds. The number of carbonyl (C=O) groups is 2. The Hall–Kier alpha value is -2.94. The van der Waals surface area contributed by atoms with Gasteiger partial charge in [-0.2, -0.15) is 5.26 Å². The third-order valence-corrected chi connectivity index (χ3v) is 2.76. The summed E-state index contributed by atoms with van der Waals surface area (Å²) in [5.74, 6) is -0.808. The lowest BCUT2D eigenvalue weighted by Crippen LogP contribution is -2.14. The van der Waals surface area contributed by atoms with E-state index in [4.69, 9.17) is 20.1 Å². The maximum atomic E-state index is 11.9. The first kappa shape index (κ1) is 17.1. The molecule has 1 aromatic rings. The Morgan fingerprint density at radius 2 is 2.14 bits per heavy atom. The average Bonchev–Trinajstić information content (AvgIpc) is 2.52. The molecule has 0 saturated carbocycles. The van der Waals surface area contributed by atoms with Crippen LogP contribution in [0.3, 0.4) is 0 Å². The van der Waals surface area contributed by atoms with Crippen LogP contribution < -0.4 is 4.74 Å². The number of Topliss-reactive ketones (excluding diaryl/α,β-unsaturated/α-hetero) is 1. The Morgan fingerprint density at radius 1 is 1.41 bits per heavy atom. The van der Waals surface area contributed by atoms with E-state index in [0.29, 0.717) is 16.9 Å². The minimum absolute atomic E-state index is 0.0391. The zero-order chi connectivity index (χ0) is 16.5. The van der Waals surface area contributed by atoms with Crippen molar-refractivity contribution in [1.82, 2.24) is 0 Å². The summed E-state index contributed by atoms with van der Waals surface area (Å²) < 4.78 is 10.1.